The van der Waals surface area contributed by atoms with Gasteiger partial charge in [-0.15, -0.1) is 0 Å². The highest BCUT2D eigenvalue weighted by molar-refractivity contribution is 7.13. The van der Waals surface area contributed by atoms with Crippen molar-refractivity contribution in [1.29, 1.82) is 0 Å². The molecule has 0 unspecified atom stereocenters. The molecule has 0 spiro atoms. The van der Waals surface area contributed by atoms with Crippen molar-refractivity contribution in [2.45, 2.75) is 6.61 Å². The molecule has 0 aliphatic heterocycles. The Hall–Kier alpha value is -1.41. The fourth-order valence-corrected chi connectivity index (χ4v) is 2.48. The van der Waals surface area contributed by atoms with Gasteiger partial charge >= 0.3 is 0 Å². The highest BCUT2D eigenvalue weighted by atomic mass is 35.5. The Morgan fingerprint density at radius 1 is 1.47 bits per heavy atom. The van der Waals surface area contributed by atoms with Gasteiger partial charge in [-0.25, -0.2) is 0 Å². The molecule has 1 N–H and O–H groups in total. The Kier molecular flexibility index (Phi) is 4.20. The molecule has 0 radical (unpaired) electrons. The normalized spacial score (nSPS) is 10.5. The molecule has 1 aromatic carbocycles. The zero-order chi connectivity index (χ0) is 14.0. The number of ether oxygens (including phenoxy) is 1. The van der Waals surface area contributed by atoms with E-state index in [1.54, 1.807) is 0 Å². The molecule has 2 rings (SSSR count). The summed E-state index contributed by atoms with van der Waals surface area (Å²) in [6, 6.07) is 3.95. The van der Waals surface area contributed by atoms with E-state index in [-0.39, 0.29) is 27.7 Å². The quantitative estimate of drug-likeness (QED) is 0.686. The minimum Gasteiger partial charge on any atom is -0.431 e. The van der Waals surface area contributed by atoms with Crippen LogP contribution < -0.4 is 4.74 Å². The highest BCUT2D eigenvalue weighted by Crippen LogP contribution is 2.34. The van der Waals surface area contributed by atoms with Gasteiger partial charge in [-0.2, -0.15) is 4.98 Å². The number of aromatic nitrogens is 1. The van der Waals surface area contributed by atoms with Crippen molar-refractivity contribution in [3.63, 3.8) is 0 Å². The van der Waals surface area contributed by atoms with Crippen molar-refractivity contribution in [3.8, 4) is 10.9 Å². The number of aliphatic hydroxyl groups is 1. The van der Waals surface area contributed by atoms with Crippen LogP contribution in [0.4, 0.5) is 5.69 Å². The summed E-state index contributed by atoms with van der Waals surface area (Å²) >= 11 is 12.6. The van der Waals surface area contributed by atoms with E-state index >= 15 is 0 Å². The summed E-state index contributed by atoms with van der Waals surface area (Å²) < 4.78 is 5.36. The van der Waals surface area contributed by atoms with Crippen molar-refractivity contribution >= 4 is 40.2 Å². The number of rotatable bonds is 4. The first kappa shape index (κ1) is 14.0. The molecular formula is C10H6Cl2N2O4S. The molecule has 100 valence electrons. The zero-order valence-electron chi connectivity index (χ0n) is 9.17. The number of thiazole rings is 1. The Labute approximate surface area is 121 Å². The average Bonchev–Trinajstić information content (AvgIpc) is 2.69. The third-order valence-corrected chi connectivity index (χ3v) is 3.74. The van der Waals surface area contributed by atoms with Gasteiger partial charge in [0, 0.05) is 12.1 Å². The number of aliphatic hydroxyl groups excluding tert-OH is 1. The topological polar surface area (TPSA) is 85.5 Å². The van der Waals surface area contributed by atoms with Crippen molar-refractivity contribution in [2.75, 3.05) is 0 Å². The summed E-state index contributed by atoms with van der Waals surface area (Å²) in [4.78, 5) is 14.4. The van der Waals surface area contributed by atoms with E-state index in [0.717, 1.165) is 11.3 Å². The monoisotopic (exact) mass is 320 g/mol. The van der Waals surface area contributed by atoms with Gasteiger partial charge < -0.3 is 9.84 Å². The molecule has 0 fully saturated rings. The standard InChI is InChI=1S/C10H6Cl2N2O4S/c11-6-3-5(1-2-7(6)14(16)17)18-10-13-9(12)8(4-15)19-10/h1-3,15H,4H2. The van der Waals surface area contributed by atoms with E-state index in [9.17, 15) is 10.1 Å². The third kappa shape index (κ3) is 3.13. The summed E-state index contributed by atoms with van der Waals surface area (Å²) in [7, 11) is 0. The second-order valence-electron chi connectivity index (χ2n) is 3.32. The molecule has 2 aromatic rings. The first-order chi connectivity index (χ1) is 9.01. The molecule has 1 aromatic heterocycles. The van der Waals surface area contributed by atoms with Crippen LogP contribution in [0, 0.1) is 10.1 Å². The molecule has 1 heterocycles. The summed E-state index contributed by atoms with van der Waals surface area (Å²) in [6.45, 7) is -0.235. The van der Waals surface area contributed by atoms with Gasteiger partial charge in [0.1, 0.15) is 15.9 Å². The smallest absolute Gasteiger partial charge is 0.288 e. The summed E-state index contributed by atoms with van der Waals surface area (Å²) in [5.74, 6) is 0.297. The predicted octanol–water partition coefficient (Wildman–Crippen LogP) is 3.64. The lowest BCUT2D eigenvalue weighted by Crippen LogP contribution is -1.90. The van der Waals surface area contributed by atoms with Crippen molar-refractivity contribution < 1.29 is 14.8 Å². The Balaban J connectivity index is 2.23. The van der Waals surface area contributed by atoms with Gasteiger partial charge in [0.15, 0.2) is 0 Å². The van der Waals surface area contributed by atoms with Gasteiger partial charge in [0.25, 0.3) is 10.9 Å². The second-order valence-corrected chi connectivity index (χ2v) is 5.14. The minimum atomic E-state index is -0.587. The maximum atomic E-state index is 10.6. The summed E-state index contributed by atoms with van der Waals surface area (Å²) in [5, 5.41) is 19.9. The average molecular weight is 321 g/mol. The van der Waals surface area contributed by atoms with E-state index in [0.29, 0.717) is 10.6 Å². The number of nitro groups is 1. The zero-order valence-corrected chi connectivity index (χ0v) is 11.5. The van der Waals surface area contributed by atoms with Gasteiger partial charge in [-0.05, 0) is 6.07 Å². The number of benzene rings is 1. The second kappa shape index (κ2) is 5.70. The lowest BCUT2D eigenvalue weighted by Gasteiger charge is -2.02. The van der Waals surface area contributed by atoms with E-state index in [4.69, 9.17) is 33.0 Å². The fraction of sp³-hybridized carbons (Fsp3) is 0.100. The van der Waals surface area contributed by atoms with Crippen LogP contribution in [0.25, 0.3) is 0 Å². The van der Waals surface area contributed by atoms with Crippen molar-refractivity contribution in [2.24, 2.45) is 0 Å². The van der Waals surface area contributed by atoms with Gasteiger partial charge in [0.2, 0.25) is 0 Å². The van der Waals surface area contributed by atoms with Crippen LogP contribution in [-0.2, 0) is 6.61 Å². The van der Waals surface area contributed by atoms with Crippen LogP contribution in [0.5, 0.6) is 10.9 Å². The molecule has 0 saturated carbocycles. The summed E-state index contributed by atoms with van der Waals surface area (Å²) in [5.41, 5.74) is -0.206. The number of nitrogens with zero attached hydrogens (tertiary/aromatic N) is 2. The lowest BCUT2D eigenvalue weighted by atomic mass is 10.3. The van der Waals surface area contributed by atoms with Crippen molar-refractivity contribution in [1.82, 2.24) is 4.98 Å². The molecule has 0 bridgehead atoms. The van der Waals surface area contributed by atoms with Gasteiger partial charge in [0.05, 0.1) is 16.4 Å². The largest absolute Gasteiger partial charge is 0.431 e. The molecule has 0 amide bonds. The minimum absolute atomic E-state index is 0.0347. The highest BCUT2D eigenvalue weighted by Gasteiger charge is 2.15. The van der Waals surface area contributed by atoms with Crippen molar-refractivity contribution in [3.05, 3.63) is 43.4 Å². The van der Waals surface area contributed by atoms with E-state index < -0.39 is 4.92 Å². The van der Waals surface area contributed by atoms with Crippen LogP contribution in [0.15, 0.2) is 18.2 Å². The Morgan fingerprint density at radius 2 is 2.21 bits per heavy atom. The number of halogens is 2. The molecule has 0 saturated heterocycles. The maximum Gasteiger partial charge on any atom is 0.288 e. The van der Waals surface area contributed by atoms with Crippen LogP contribution in [0.1, 0.15) is 4.88 Å². The van der Waals surface area contributed by atoms with Crippen LogP contribution in [0.2, 0.25) is 10.2 Å². The number of nitro benzene ring substituents is 1. The first-order valence-corrected chi connectivity index (χ1v) is 6.46. The fourth-order valence-electron chi connectivity index (χ4n) is 1.25. The first-order valence-electron chi connectivity index (χ1n) is 4.89. The SMILES string of the molecule is O=[N+]([O-])c1ccc(Oc2nc(Cl)c(CO)s2)cc1Cl. The molecular weight excluding hydrogens is 315 g/mol. The van der Waals surface area contributed by atoms with Crippen LogP contribution >= 0.6 is 34.5 Å². The summed E-state index contributed by atoms with van der Waals surface area (Å²) in [6.07, 6.45) is 0. The molecule has 0 aliphatic rings. The molecule has 9 heteroatoms. The number of hydrogen-bond acceptors (Lipinski definition) is 6. The van der Waals surface area contributed by atoms with Gasteiger partial charge in [-0.1, -0.05) is 34.5 Å². The van der Waals surface area contributed by atoms with Crippen LogP contribution in [0.3, 0.4) is 0 Å². The van der Waals surface area contributed by atoms with E-state index in [2.05, 4.69) is 4.98 Å². The maximum absolute atomic E-state index is 10.6. The van der Waals surface area contributed by atoms with E-state index in [1.807, 2.05) is 0 Å². The number of hydrogen-bond donors (Lipinski definition) is 1. The molecule has 6 nitrogen and oxygen atoms in total. The Morgan fingerprint density at radius 3 is 2.74 bits per heavy atom. The predicted molar refractivity (Wildman–Crippen MR) is 71.2 cm³/mol. The van der Waals surface area contributed by atoms with Crippen LogP contribution in [-0.4, -0.2) is 15.0 Å². The van der Waals surface area contributed by atoms with E-state index in [1.165, 1.54) is 18.2 Å². The Bertz CT molecular complexity index is 632. The van der Waals surface area contributed by atoms with Gasteiger partial charge in [-0.3, -0.25) is 10.1 Å². The lowest BCUT2D eigenvalue weighted by molar-refractivity contribution is -0.384. The third-order valence-electron chi connectivity index (χ3n) is 2.09. The molecule has 0 atom stereocenters. The molecule has 0 aliphatic carbocycles. The molecule has 19 heavy (non-hydrogen) atoms.